The van der Waals surface area contributed by atoms with E-state index in [9.17, 15) is 12.8 Å². The molecule has 104 valence electrons. The third kappa shape index (κ3) is 2.94. The number of hydrogen-bond acceptors (Lipinski definition) is 3. The Morgan fingerprint density at radius 3 is 2.30 bits per heavy atom. The molecule has 20 heavy (non-hydrogen) atoms. The zero-order valence-electron chi connectivity index (χ0n) is 10.3. The van der Waals surface area contributed by atoms with Crippen molar-refractivity contribution in [1.29, 1.82) is 5.41 Å². The number of hydrogen-bond donors (Lipinski definition) is 3. The van der Waals surface area contributed by atoms with Crippen LogP contribution < -0.4 is 10.5 Å². The van der Waals surface area contributed by atoms with Gasteiger partial charge < -0.3 is 5.73 Å². The molecule has 2 aromatic rings. The van der Waals surface area contributed by atoms with Crippen molar-refractivity contribution in [2.45, 2.75) is 4.90 Å². The summed E-state index contributed by atoms with van der Waals surface area (Å²) < 4.78 is 39.4. The van der Waals surface area contributed by atoms with Crippen LogP contribution in [-0.2, 0) is 10.0 Å². The topological polar surface area (TPSA) is 96.0 Å². The Bertz CT molecular complexity index is 742. The van der Waals surface area contributed by atoms with Crippen molar-refractivity contribution >= 4 is 21.5 Å². The van der Waals surface area contributed by atoms with E-state index in [0.717, 1.165) is 24.3 Å². The van der Waals surface area contributed by atoms with Crippen LogP contribution in [0.15, 0.2) is 53.4 Å². The van der Waals surface area contributed by atoms with Crippen molar-refractivity contribution < 1.29 is 12.8 Å². The first kappa shape index (κ1) is 14.0. The Hall–Kier alpha value is -2.41. The van der Waals surface area contributed by atoms with E-state index >= 15 is 0 Å². The normalized spacial score (nSPS) is 11.1. The lowest BCUT2D eigenvalue weighted by molar-refractivity contribution is 0.599. The van der Waals surface area contributed by atoms with Gasteiger partial charge >= 0.3 is 0 Å². The fourth-order valence-electron chi connectivity index (χ4n) is 1.62. The molecule has 2 rings (SSSR count). The minimum Gasteiger partial charge on any atom is -0.384 e. The van der Waals surface area contributed by atoms with Crippen molar-refractivity contribution in [1.82, 2.24) is 0 Å². The van der Waals surface area contributed by atoms with Crippen LogP contribution in [0.1, 0.15) is 5.56 Å². The van der Waals surface area contributed by atoms with Gasteiger partial charge in [0.2, 0.25) is 0 Å². The van der Waals surface area contributed by atoms with Gasteiger partial charge in [0, 0.05) is 5.56 Å². The summed E-state index contributed by atoms with van der Waals surface area (Å²) in [5.74, 6) is -0.768. The molecular formula is C13H12FN3O2S. The van der Waals surface area contributed by atoms with E-state index in [-0.39, 0.29) is 22.0 Å². The third-order valence-corrected chi connectivity index (χ3v) is 3.97. The van der Waals surface area contributed by atoms with E-state index in [1.54, 1.807) is 12.1 Å². The number of rotatable bonds is 4. The average molecular weight is 293 g/mol. The Labute approximate surface area is 115 Å². The number of sulfonamides is 1. The molecule has 0 amide bonds. The van der Waals surface area contributed by atoms with Crippen LogP contribution in [0.4, 0.5) is 10.1 Å². The fraction of sp³-hybridized carbons (Fsp3) is 0. The van der Waals surface area contributed by atoms with E-state index in [0.29, 0.717) is 0 Å². The molecule has 0 saturated carbocycles. The highest BCUT2D eigenvalue weighted by molar-refractivity contribution is 7.92. The lowest BCUT2D eigenvalue weighted by Gasteiger charge is -2.11. The molecule has 0 spiro atoms. The number of amidine groups is 1. The molecule has 4 N–H and O–H groups in total. The SMILES string of the molecule is N=C(N)c1ccccc1NS(=O)(=O)c1ccc(F)cc1. The molecule has 0 unspecified atom stereocenters. The third-order valence-electron chi connectivity index (χ3n) is 2.59. The molecule has 0 aromatic heterocycles. The second kappa shape index (κ2) is 5.30. The first-order valence-corrected chi connectivity index (χ1v) is 7.10. The van der Waals surface area contributed by atoms with Crippen molar-refractivity contribution in [2.24, 2.45) is 5.73 Å². The predicted molar refractivity (Wildman–Crippen MR) is 74.7 cm³/mol. The van der Waals surface area contributed by atoms with Crippen LogP contribution in [0.3, 0.4) is 0 Å². The molecular weight excluding hydrogens is 281 g/mol. The number of nitrogens with one attached hydrogen (secondary N) is 2. The van der Waals surface area contributed by atoms with Gasteiger partial charge in [0.05, 0.1) is 10.6 Å². The van der Waals surface area contributed by atoms with Gasteiger partial charge in [-0.1, -0.05) is 12.1 Å². The zero-order chi connectivity index (χ0) is 14.8. The van der Waals surface area contributed by atoms with Crippen LogP contribution in [-0.4, -0.2) is 14.3 Å². The molecule has 7 heteroatoms. The van der Waals surface area contributed by atoms with Crippen molar-refractivity contribution in [2.75, 3.05) is 4.72 Å². The standard InChI is InChI=1S/C13H12FN3O2S/c14-9-5-7-10(8-6-9)20(18,19)17-12-4-2-1-3-11(12)13(15)16/h1-8,17H,(H3,15,16). The van der Waals surface area contributed by atoms with Crippen LogP contribution in [0, 0.1) is 11.2 Å². The summed E-state index contributed by atoms with van der Waals surface area (Å²) in [4.78, 5) is -0.0720. The minimum atomic E-state index is -3.86. The Kier molecular flexibility index (Phi) is 3.71. The molecule has 0 atom stereocenters. The zero-order valence-corrected chi connectivity index (χ0v) is 11.1. The second-order valence-corrected chi connectivity index (χ2v) is 5.70. The molecule has 0 saturated heterocycles. The van der Waals surface area contributed by atoms with Gasteiger partial charge in [0.25, 0.3) is 10.0 Å². The Morgan fingerprint density at radius 1 is 1.10 bits per heavy atom. The van der Waals surface area contributed by atoms with Crippen LogP contribution in [0.25, 0.3) is 0 Å². The number of nitrogen functional groups attached to an aromatic ring is 1. The van der Waals surface area contributed by atoms with E-state index in [4.69, 9.17) is 11.1 Å². The fourth-order valence-corrected chi connectivity index (χ4v) is 2.70. The number of anilines is 1. The smallest absolute Gasteiger partial charge is 0.261 e. The lowest BCUT2D eigenvalue weighted by atomic mass is 10.2. The molecule has 2 aromatic carbocycles. The summed E-state index contributed by atoms with van der Waals surface area (Å²) in [6, 6.07) is 10.7. The minimum absolute atomic E-state index is 0.0720. The number of para-hydroxylation sites is 1. The summed E-state index contributed by atoms with van der Waals surface area (Å²) in [5.41, 5.74) is 5.87. The van der Waals surface area contributed by atoms with Gasteiger partial charge in [-0.05, 0) is 36.4 Å². The number of benzene rings is 2. The van der Waals surface area contributed by atoms with E-state index in [1.165, 1.54) is 12.1 Å². The molecule has 0 aliphatic heterocycles. The molecule has 0 fully saturated rings. The highest BCUT2D eigenvalue weighted by Gasteiger charge is 2.16. The van der Waals surface area contributed by atoms with Gasteiger partial charge in [-0.2, -0.15) is 0 Å². The lowest BCUT2D eigenvalue weighted by Crippen LogP contribution is -2.18. The summed E-state index contributed by atoms with van der Waals surface area (Å²) in [7, 11) is -3.86. The highest BCUT2D eigenvalue weighted by Crippen LogP contribution is 2.19. The average Bonchev–Trinajstić information content (AvgIpc) is 2.39. The maximum Gasteiger partial charge on any atom is 0.261 e. The maximum absolute atomic E-state index is 12.8. The van der Waals surface area contributed by atoms with Gasteiger partial charge in [0.15, 0.2) is 0 Å². The van der Waals surface area contributed by atoms with E-state index in [1.807, 2.05) is 0 Å². The monoisotopic (exact) mass is 293 g/mol. The number of nitrogens with two attached hydrogens (primary N) is 1. The van der Waals surface area contributed by atoms with Crippen molar-refractivity contribution in [3.05, 3.63) is 59.9 Å². The van der Waals surface area contributed by atoms with E-state index in [2.05, 4.69) is 4.72 Å². The first-order chi connectivity index (χ1) is 9.40. The first-order valence-electron chi connectivity index (χ1n) is 5.62. The van der Waals surface area contributed by atoms with Crippen molar-refractivity contribution in [3.8, 4) is 0 Å². The van der Waals surface area contributed by atoms with Gasteiger partial charge in [-0.15, -0.1) is 0 Å². The highest BCUT2D eigenvalue weighted by atomic mass is 32.2. The van der Waals surface area contributed by atoms with Gasteiger partial charge in [-0.25, -0.2) is 12.8 Å². The summed E-state index contributed by atoms with van der Waals surface area (Å²) in [5, 5.41) is 7.41. The van der Waals surface area contributed by atoms with Gasteiger partial charge in [-0.3, -0.25) is 10.1 Å². The molecule has 0 bridgehead atoms. The quantitative estimate of drug-likeness (QED) is 0.593. The Balaban J connectivity index is 2.38. The predicted octanol–water partition coefficient (Wildman–Crippen LogP) is 1.91. The summed E-state index contributed by atoms with van der Waals surface area (Å²) >= 11 is 0. The molecule has 5 nitrogen and oxygen atoms in total. The number of halogens is 1. The molecule has 0 aliphatic rings. The molecule has 0 heterocycles. The summed E-state index contributed by atoms with van der Waals surface area (Å²) in [6.07, 6.45) is 0. The summed E-state index contributed by atoms with van der Waals surface area (Å²) in [6.45, 7) is 0. The van der Waals surface area contributed by atoms with Gasteiger partial charge in [0.1, 0.15) is 11.7 Å². The largest absolute Gasteiger partial charge is 0.384 e. The maximum atomic E-state index is 12.8. The van der Waals surface area contributed by atoms with Crippen LogP contribution >= 0.6 is 0 Å². The van der Waals surface area contributed by atoms with Crippen LogP contribution in [0.5, 0.6) is 0 Å². The molecule has 0 aliphatic carbocycles. The van der Waals surface area contributed by atoms with E-state index < -0.39 is 15.8 Å². The molecule has 0 radical (unpaired) electrons. The second-order valence-electron chi connectivity index (χ2n) is 4.02. The Morgan fingerprint density at radius 2 is 1.70 bits per heavy atom. The van der Waals surface area contributed by atoms with Crippen LogP contribution in [0.2, 0.25) is 0 Å². The van der Waals surface area contributed by atoms with Crippen molar-refractivity contribution in [3.63, 3.8) is 0 Å².